The van der Waals surface area contributed by atoms with Gasteiger partial charge in [0.2, 0.25) is 0 Å². The van der Waals surface area contributed by atoms with Crippen LogP contribution in [0.15, 0.2) is 0 Å². The molecule has 0 aromatic rings. The Hall–Kier alpha value is -0.810. The third-order valence-corrected chi connectivity index (χ3v) is 3.29. The molecule has 18 heavy (non-hydrogen) atoms. The van der Waals surface area contributed by atoms with E-state index in [2.05, 4.69) is 10.6 Å². The first-order chi connectivity index (χ1) is 8.67. The van der Waals surface area contributed by atoms with E-state index in [9.17, 15) is 9.90 Å². The average Bonchev–Trinajstić information content (AvgIpc) is 2.87. The average molecular weight is 258 g/mol. The van der Waals surface area contributed by atoms with Crippen LogP contribution in [0.25, 0.3) is 0 Å². The fraction of sp³-hybridized carbons (Fsp3) is 0.923. The molecule has 1 fully saturated rings. The monoisotopic (exact) mass is 258 g/mol. The van der Waals surface area contributed by atoms with E-state index < -0.39 is 6.10 Å². The van der Waals surface area contributed by atoms with Crippen molar-refractivity contribution < 1.29 is 14.6 Å². The van der Waals surface area contributed by atoms with Crippen molar-refractivity contribution in [2.45, 2.75) is 64.2 Å². The molecule has 1 saturated heterocycles. The van der Waals surface area contributed by atoms with Crippen molar-refractivity contribution >= 4 is 6.03 Å². The topological polar surface area (TPSA) is 70.6 Å². The van der Waals surface area contributed by atoms with Crippen LogP contribution in [0, 0.1) is 0 Å². The number of rotatable bonds is 7. The van der Waals surface area contributed by atoms with Gasteiger partial charge in [-0.3, -0.25) is 0 Å². The quantitative estimate of drug-likeness (QED) is 0.646. The van der Waals surface area contributed by atoms with E-state index in [0.717, 1.165) is 32.3 Å². The van der Waals surface area contributed by atoms with Crippen LogP contribution in [0.4, 0.5) is 4.79 Å². The molecule has 3 N–H and O–H groups in total. The number of hydrogen-bond acceptors (Lipinski definition) is 3. The van der Waals surface area contributed by atoms with Crippen LogP contribution in [0.3, 0.4) is 0 Å². The Morgan fingerprint density at radius 2 is 2.28 bits per heavy atom. The van der Waals surface area contributed by atoms with Gasteiger partial charge >= 0.3 is 6.03 Å². The van der Waals surface area contributed by atoms with Gasteiger partial charge in [-0.2, -0.15) is 0 Å². The third kappa shape index (κ3) is 5.23. The van der Waals surface area contributed by atoms with Gasteiger partial charge in [-0.1, -0.05) is 20.3 Å². The summed E-state index contributed by atoms with van der Waals surface area (Å²) in [6.45, 7) is 5.15. The van der Waals surface area contributed by atoms with Crippen LogP contribution >= 0.6 is 0 Å². The van der Waals surface area contributed by atoms with Crippen molar-refractivity contribution in [1.29, 1.82) is 0 Å². The highest BCUT2D eigenvalue weighted by atomic mass is 16.5. The molecule has 3 atom stereocenters. The lowest BCUT2D eigenvalue weighted by atomic mass is 10.1. The molecule has 3 unspecified atom stereocenters. The zero-order valence-corrected chi connectivity index (χ0v) is 11.4. The Kier molecular flexibility index (Phi) is 7.05. The van der Waals surface area contributed by atoms with Crippen LogP contribution < -0.4 is 10.6 Å². The van der Waals surface area contributed by atoms with E-state index in [4.69, 9.17) is 4.74 Å². The van der Waals surface area contributed by atoms with Crippen LogP contribution in [-0.4, -0.2) is 42.5 Å². The van der Waals surface area contributed by atoms with Gasteiger partial charge in [0, 0.05) is 13.2 Å². The summed E-state index contributed by atoms with van der Waals surface area (Å²) in [5.74, 6) is 0. The number of urea groups is 1. The minimum atomic E-state index is -0.455. The molecule has 2 amide bonds. The number of aliphatic hydroxyl groups is 1. The molecular formula is C13H26N2O3. The van der Waals surface area contributed by atoms with Gasteiger partial charge in [-0.05, 0) is 25.7 Å². The molecule has 106 valence electrons. The lowest BCUT2D eigenvalue weighted by molar-refractivity contribution is 0.0792. The maximum atomic E-state index is 11.7. The predicted molar refractivity (Wildman–Crippen MR) is 70.5 cm³/mol. The van der Waals surface area contributed by atoms with Crippen molar-refractivity contribution in [1.82, 2.24) is 10.6 Å². The Morgan fingerprint density at radius 1 is 1.50 bits per heavy atom. The first kappa shape index (κ1) is 15.2. The SMILES string of the molecule is CCCC(O)CNC(=O)NC(CC)C1CCCO1. The molecule has 1 aliphatic rings. The number of nitrogens with one attached hydrogen (secondary N) is 2. The standard InChI is InChI=1S/C13H26N2O3/c1-3-6-10(16)9-14-13(17)15-11(4-2)12-7-5-8-18-12/h10-12,16H,3-9H2,1-2H3,(H2,14,15,17). The summed E-state index contributed by atoms with van der Waals surface area (Å²) in [6.07, 6.45) is 4.25. The highest BCUT2D eigenvalue weighted by Crippen LogP contribution is 2.17. The molecule has 0 aromatic carbocycles. The van der Waals surface area contributed by atoms with Crippen LogP contribution in [0.1, 0.15) is 46.0 Å². The molecule has 0 spiro atoms. The summed E-state index contributed by atoms with van der Waals surface area (Å²) in [7, 11) is 0. The highest BCUT2D eigenvalue weighted by Gasteiger charge is 2.25. The fourth-order valence-electron chi connectivity index (χ4n) is 2.24. The first-order valence-corrected chi connectivity index (χ1v) is 7.01. The molecule has 0 aromatic heterocycles. The lowest BCUT2D eigenvalue weighted by Crippen LogP contribution is -2.48. The third-order valence-electron chi connectivity index (χ3n) is 3.29. The molecule has 0 saturated carbocycles. The van der Waals surface area contributed by atoms with Gasteiger partial charge in [-0.25, -0.2) is 4.79 Å². The molecule has 1 heterocycles. The van der Waals surface area contributed by atoms with Crippen LogP contribution in [-0.2, 0) is 4.74 Å². The number of aliphatic hydroxyl groups excluding tert-OH is 1. The molecule has 1 rings (SSSR count). The number of ether oxygens (including phenoxy) is 1. The van der Waals surface area contributed by atoms with Crippen molar-refractivity contribution in [3.05, 3.63) is 0 Å². The normalized spacial score (nSPS) is 22.5. The maximum absolute atomic E-state index is 11.7. The zero-order valence-electron chi connectivity index (χ0n) is 11.4. The van der Waals surface area contributed by atoms with E-state index in [-0.39, 0.29) is 18.2 Å². The van der Waals surface area contributed by atoms with Gasteiger partial charge in [0.15, 0.2) is 0 Å². The van der Waals surface area contributed by atoms with E-state index >= 15 is 0 Å². The number of amides is 2. The first-order valence-electron chi connectivity index (χ1n) is 7.01. The van der Waals surface area contributed by atoms with E-state index in [1.807, 2.05) is 13.8 Å². The second kappa shape index (κ2) is 8.32. The number of carbonyl (C=O) groups excluding carboxylic acids is 1. The summed E-state index contributed by atoms with van der Waals surface area (Å²) in [5, 5.41) is 15.2. The summed E-state index contributed by atoms with van der Waals surface area (Å²) < 4.78 is 5.58. The molecule has 0 bridgehead atoms. The van der Waals surface area contributed by atoms with Crippen LogP contribution in [0.2, 0.25) is 0 Å². The van der Waals surface area contributed by atoms with E-state index in [1.165, 1.54) is 0 Å². The Bertz CT molecular complexity index is 242. The summed E-state index contributed by atoms with van der Waals surface area (Å²) in [4.78, 5) is 11.7. The van der Waals surface area contributed by atoms with Crippen LogP contribution in [0.5, 0.6) is 0 Å². The van der Waals surface area contributed by atoms with Crippen molar-refractivity contribution in [2.24, 2.45) is 0 Å². The molecular weight excluding hydrogens is 232 g/mol. The molecule has 5 heteroatoms. The molecule has 1 aliphatic heterocycles. The highest BCUT2D eigenvalue weighted by molar-refractivity contribution is 5.74. The second-order valence-corrected chi connectivity index (χ2v) is 4.86. The van der Waals surface area contributed by atoms with Gasteiger partial charge in [0.05, 0.1) is 18.2 Å². The maximum Gasteiger partial charge on any atom is 0.315 e. The van der Waals surface area contributed by atoms with Gasteiger partial charge in [-0.15, -0.1) is 0 Å². The number of carbonyl (C=O) groups is 1. The number of hydrogen-bond donors (Lipinski definition) is 3. The van der Waals surface area contributed by atoms with E-state index in [0.29, 0.717) is 13.0 Å². The zero-order chi connectivity index (χ0) is 13.4. The minimum Gasteiger partial charge on any atom is -0.391 e. The van der Waals surface area contributed by atoms with Gasteiger partial charge < -0.3 is 20.5 Å². The molecule has 5 nitrogen and oxygen atoms in total. The Balaban J connectivity index is 2.24. The van der Waals surface area contributed by atoms with Crippen molar-refractivity contribution in [2.75, 3.05) is 13.2 Å². The smallest absolute Gasteiger partial charge is 0.315 e. The molecule has 0 radical (unpaired) electrons. The largest absolute Gasteiger partial charge is 0.391 e. The van der Waals surface area contributed by atoms with Gasteiger partial charge in [0.1, 0.15) is 0 Å². The van der Waals surface area contributed by atoms with Crippen molar-refractivity contribution in [3.8, 4) is 0 Å². The Labute approximate surface area is 109 Å². The minimum absolute atomic E-state index is 0.0656. The van der Waals surface area contributed by atoms with Gasteiger partial charge in [0.25, 0.3) is 0 Å². The lowest BCUT2D eigenvalue weighted by Gasteiger charge is -2.23. The summed E-state index contributed by atoms with van der Waals surface area (Å²) in [5.41, 5.74) is 0. The predicted octanol–water partition coefficient (Wildman–Crippen LogP) is 1.40. The van der Waals surface area contributed by atoms with E-state index in [1.54, 1.807) is 0 Å². The molecule has 0 aliphatic carbocycles. The summed E-state index contributed by atoms with van der Waals surface area (Å²) >= 11 is 0. The fourth-order valence-corrected chi connectivity index (χ4v) is 2.24. The Morgan fingerprint density at radius 3 is 2.83 bits per heavy atom. The summed E-state index contributed by atoms with van der Waals surface area (Å²) in [6, 6.07) is -0.150. The second-order valence-electron chi connectivity index (χ2n) is 4.86. The van der Waals surface area contributed by atoms with Crippen molar-refractivity contribution in [3.63, 3.8) is 0 Å².